The van der Waals surface area contributed by atoms with E-state index in [9.17, 15) is 14.5 Å². The van der Waals surface area contributed by atoms with Gasteiger partial charge in [-0.25, -0.2) is 4.98 Å². The van der Waals surface area contributed by atoms with Crippen LogP contribution in [0.15, 0.2) is 11.1 Å². The third-order valence-corrected chi connectivity index (χ3v) is 3.89. The standard InChI is InChI=1S/C11H14N5O6P/c12-11-14-9-8(10(18)15-11)13-3-16(9)7-1-5(6(2-17)22-7)21-4-23(19)20/h3,5-7,17H,1-2,4H2,(H3-,12,14,15,18,19,20)/p+1/t5?,6-,7-/m1/s1. The molecule has 3 heterocycles. The molecule has 3 rings (SSSR count). The van der Waals surface area contributed by atoms with Crippen LogP contribution in [-0.4, -0.2) is 54.7 Å². The number of H-pyrrole nitrogens is 1. The molecule has 1 fully saturated rings. The summed E-state index contributed by atoms with van der Waals surface area (Å²) >= 11 is 0. The Bertz CT molecular complexity index is 791. The Morgan fingerprint density at radius 1 is 1.61 bits per heavy atom. The minimum absolute atomic E-state index is 0.0500. The first-order valence-corrected chi connectivity index (χ1v) is 8.13. The predicted molar refractivity (Wildman–Crippen MR) is 77.7 cm³/mol. The maximum atomic E-state index is 11.8. The largest absolute Gasteiger partial charge is 0.534 e. The van der Waals surface area contributed by atoms with Crippen LogP contribution in [-0.2, 0) is 14.0 Å². The van der Waals surface area contributed by atoms with Crippen molar-refractivity contribution < 1.29 is 24.0 Å². The van der Waals surface area contributed by atoms with Gasteiger partial charge < -0.3 is 20.3 Å². The number of imidazole rings is 1. The highest BCUT2D eigenvalue weighted by molar-refractivity contribution is 7.37. The van der Waals surface area contributed by atoms with E-state index in [1.807, 2.05) is 0 Å². The fraction of sp³-hybridized carbons (Fsp3) is 0.545. The minimum atomic E-state index is -2.44. The van der Waals surface area contributed by atoms with Crippen LogP contribution in [0.4, 0.5) is 5.95 Å². The number of ether oxygens (including phenoxy) is 2. The Morgan fingerprint density at radius 2 is 2.39 bits per heavy atom. The molecule has 2 unspecified atom stereocenters. The summed E-state index contributed by atoms with van der Waals surface area (Å²) in [6.45, 7) is -0.313. The van der Waals surface area contributed by atoms with Crippen molar-refractivity contribution in [3.63, 3.8) is 0 Å². The van der Waals surface area contributed by atoms with Gasteiger partial charge in [0.25, 0.3) is 11.9 Å². The third-order valence-electron chi connectivity index (χ3n) is 3.52. The van der Waals surface area contributed by atoms with Crippen molar-refractivity contribution in [1.29, 1.82) is 0 Å². The molecule has 0 aliphatic carbocycles. The maximum Gasteiger partial charge on any atom is 0.534 e. The molecule has 2 aromatic heterocycles. The van der Waals surface area contributed by atoms with Gasteiger partial charge in [-0.15, -0.1) is 0 Å². The van der Waals surface area contributed by atoms with E-state index in [4.69, 9.17) is 20.1 Å². The average molecular weight is 344 g/mol. The molecule has 0 bridgehead atoms. The Morgan fingerprint density at radius 3 is 3.09 bits per heavy atom. The quantitative estimate of drug-likeness (QED) is 0.501. The number of anilines is 1. The lowest BCUT2D eigenvalue weighted by atomic mass is 10.2. The molecular weight excluding hydrogens is 329 g/mol. The van der Waals surface area contributed by atoms with Crippen LogP contribution in [0.5, 0.6) is 0 Å². The van der Waals surface area contributed by atoms with Gasteiger partial charge in [-0.1, -0.05) is 0 Å². The zero-order valence-electron chi connectivity index (χ0n) is 11.8. The topological polar surface area (TPSA) is 166 Å². The number of fused-ring (bicyclic) bond motifs is 1. The van der Waals surface area contributed by atoms with E-state index in [2.05, 4.69) is 15.0 Å². The molecule has 11 nitrogen and oxygen atoms in total. The number of aliphatic hydroxyl groups excluding tert-OH is 1. The van der Waals surface area contributed by atoms with Gasteiger partial charge in [0.05, 0.1) is 19.0 Å². The molecule has 4 atom stereocenters. The zero-order chi connectivity index (χ0) is 16.6. The fourth-order valence-corrected chi connectivity index (χ4v) is 2.84. The molecule has 0 radical (unpaired) electrons. The number of aromatic nitrogens is 4. The van der Waals surface area contributed by atoms with Gasteiger partial charge in [0.15, 0.2) is 11.2 Å². The van der Waals surface area contributed by atoms with Gasteiger partial charge in [0.2, 0.25) is 5.95 Å². The van der Waals surface area contributed by atoms with Crippen molar-refractivity contribution in [2.75, 3.05) is 18.7 Å². The van der Waals surface area contributed by atoms with Crippen molar-refractivity contribution in [3.05, 3.63) is 16.7 Å². The summed E-state index contributed by atoms with van der Waals surface area (Å²) in [5.74, 6) is -0.0500. The molecule has 1 aliphatic heterocycles. The number of nitrogens with zero attached hydrogens (tertiary/aromatic N) is 3. The monoisotopic (exact) mass is 344 g/mol. The minimum Gasteiger partial charge on any atom is -0.394 e. The van der Waals surface area contributed by atoms with Crippen molar-refractivity contribution in [2.45, 2.75) is 24.9 Å². The Balaban J connectivity index is 1.88. The summed E-state index contributed by atoms with van der Waals surface area (Å²) in [7, 11) is -2.44. The van der Waals surface area contributed by atoms with E-state index in [-0.39, 0.29) is 30.1 Å². The Labute approximate surface area is 129 Å². The van der Waals surface area contributed by atoms with E-state index >= 15 is 0 Å². The lowest BCUT2D eigenvalue weighted by molar-refractivity contribution is -0.0542. The number of nitrogens with two attached hydrogens (primary N) is 1. The molecule has 5 N–H and O–H groups in total. The molecule has 12 heteroatoms. The van der Waals surface area contributed by atoms with Crippen LogP contribution in [0.1, 0.15) is 12.6 Å². The Kier molecular flexibility index (Phi) is 4.37. The van der Waals surface area contributed by atoms with Crippen LogP contribution in [0.25, 0.3) is 11.2 Å². The fourth-order valence-electron chi connectivity index (χ4n) is 2.52. The molecule has 0 spiro atoms. The summed E-state index contributed by atoms with van der Waals surface area (Å²) in [6, 6.07) is 0. The van der Waals surface area contributed by atoms with Gasteiger partial charge in [-0.05, 0) is 4.57 Å². The van der Waals surface area contributed by atoms with Gasteiger partial charge >= 0.3 is 8.03 Å². The molecule has 0 aromatic carbocycles. The molecule has 0 saturated carbocycles. The number of rotatable bonds is 5. The number of hydrogen-bond acceptors (Lipinski definition) is 8. The van der Waals surface area contributed by atoms with E-state index in [1.165, 1.54) is 10.9 Å². The molecule has 23 heavy (non-hydrogen) atoms. The highest BCUT2D eigenvalue weighted by atomic mass is 31.1. The number of aromatic amines is 1. The van der Waals surface area contributed by atoms with Crippen LogP contribution < -0.4 is 11.3 Å². The first kappa shape index (κ1) is 16.0. The van der Waals surface area contributed by atoms with Crippen LogP contribution >= 0.6 is 8.03 Å². The van der Waals surface area contributed by atoms with Crippen molar-refractivity contribution >= 4 is 25.1 Å². The van der Waals surface area contributed by atoms with E-state index in [0.717, 1.165) is 0 Å². The third kappa shape index (κ3) is 3.09. The molecule has 0 amide bonds. The average Bonchev–Trinajstić information content (AvgIpc) is 3.08. The van der Waals surface area contributed by atoms with Crippen LogP contribution in [0.3, 0.4) is 0 Å². The van der Waals surface area contributed by atoms with Crippen molar-refractivity contribution in [2.24, 2.45) is 0 Å². The maximum absolute atomic E-state index is 11.8. The summed E-state index contributed by atoms with van der Waals surface area (Å²) in [5.41, 5.74) is 5.44. The summed E-state index contributed by atoms with van der Waals surface area (Å²) < 4.78 is 23.2. The van der Waals surface area contributed by atoms with Gasteiger partial charge in [0.1, 0.15) is 12.3 Å². The summed E-state index contributed by atoms with van der Waals surface area (Å²) in [5, 5.41) is 9.36. The van der Waals surface area contributed by atoms with E-state index in [0.29, 0.717) is 6.42 Å². The first-order chi connectivity index (χ1) is 11.0. The van der Waals surface area contributed by atoms with Crippen LogP contribution in [0.2, 0.25) is 0 Å². The van der Waals surface area contributed by atoms with E-state index < -0.39 is 32.0 Å². The van der Waals surface area contributed by atoms with Crippen molar-refractivity contribution in [3.8, 4) is 0 Å². The molecule has 2 aromatic rings. The molecule has 1 saturated heterocycles. The first-order valence-electron chi connectivity index (χ1n) is 6.73. The number of nitrogens with one attached hydrogen (secondary N) is 1. The SMILES string of the molecule is Nc1nc2c(ncn2[C@H]2CC(OC[P+](=O)O)[C@@H](CO)O2)c(=O)[nH]1. The van der Waals surface area contributed by atoms with Gasteiger partial charge in [-0.3, -0.25) is 14.3 Å². The van der Waals surface area contributed by atoms with E-state index in [1.54, 1.807) is 0 Å². The number of aliphatic hydroxyl groups is 1. The lowest BCUT2D eigenvalue weighted by Gasteiger charge is -2.14. The van der Waals surface area contributed by atoms with Crippen LogP contribution in [0, 0.1) is 0 Å². The highest BCUT2D eigenvalue weighted by Gasteiger charge is 2.38. The van der Waals surface area contributed by atoms with Crippen molar-refractivity contribution in [1.82, 2.24) is 19.5 Å². The Hall–Kier alpha value is -1.91. The smallest absolute Gasteiger partial charge is 0.394 e. The summed E-state index contributed by atoms with van der Waals surface area (Å²) in [6.07, 6.45) is -0.469. The molecule has 1 aliphatic rings. The highest BCUT2D eigenvalue weighted by Crippen LogP contribution is 2.33. The number of nitrogen functional groups attached to an aromatic ring is 1. The second-order valence-electron chi connectivity index (χ2n) is 5.01. The van der Waals surface area contributed by atoms with Gasteiger partial charge in [0, 0.05) is 6.42 Å². The summed E-state index contributed by atoms with van der Waals surface area (Å²) in [4.78, 5) is 31.0. The second-order valence-corrected chi connectivity index (χ2v) is 5.97. The normalized spacial score (nSPS) is 25.1. The predicted octanol–water partition coefficient (Wildman–Crippen LogP) is -0.941. The number of hydrogen-bond donors (Lipinski definition) is 4. The molecular formula is C11H15N5O6P+. The second kappa shape index (κ2) is 6.30. The molecule has 124 valence electrons. The lowest BCUT2D eigenvalue weighted by Crippen LogP contribution is -2.27. The van der Waals surface area contributed by atoms with Gasteiger partial charge in [-0.2, -0.15) is 9.88 Å². The zero-order valence-corrected chi connectivity index (χ0v) is 12.7.